The number of rotatable bonds is 8. The van der Waals surface area contributed by atoms with E-state index in [4.69, 9.17) is 5.11 Å². The molecule has 1 amide bonds. The highest BCUT2D eigenvalue weighted by Crippen LogP contribution is 2.08. The lowest BCUT2D eigenvalue weighted by Crippen LogP contribution is -2.31. The van der Waals surface area contributed by atoms with Gasteiger partial charge in [-0.25, -0.2) is 0 Å². The number of nitrogens with one attached hydrogen (secondary N) is 1. The molecule has 0 bridgehead atoms. The number of thioether (sulfide) groups is 1. The number of hydrogen-bond donors (Lipinski definition) is 2. The maximum atomic E-state index is 11.5. The van der Waals surface area contributed by atoms with Gasteiger partial charge in [0.2, 0.25) is 5.91 Å². The molecule has 0 saturated carbocycles. The number of carboxylic acids is 1. The molecule has 0 aliphatic heterocycles. The molecule has 0 aliphatic carbocycles. The van der Waals surface area contributed by atoms with Crippen LogP contribution in [-0.4, -0.2) is 35.0 Å². The summed E-state index contributed by atoms with van der Waals surface area (Å²) >= 11 is 1.30. The number of carbonyl (C=O) groups is 2. The minimum Gasteiger partial charge on any atom is -0.481 e. The van der Waals surface area contributed by atoms with Crippen molar-refractivity contribution in [1.29, 1.82) is 0 Å². The third-order valence-corrected chi connectivity index (χ3v) is 2.82. The molecule has 0 fully saturated rings. The third kappa shape index (κ3) is 8.35. The van der Waals surface area contributed by atoms with Gasteiger partial charge in [0.25, 0.3) is 0 Å². The van der Waals surface area contributed by atoms with Crippen LogP contribution in [0.3, 0.4) is 0 Å². The van der Waals surface area contributed by atoms with Gasteiger partial charge in [-0.1, -0.05) is 12.5 Å². The second-order valence-corrected chi connectivity index (χ2v) is 4.90. The van der Waals surface area contributed by atoms with Crippen molar-refractivity contribution >= 4 is 23.6 Å². The number of carbonyl (C=O) groups excluding carboxylic acids is 1. The number of carboxylic acid groups (broad SMARTS) is 1. The SMILES string of the molecule is C=C(C)CC(C)C(=O)NCCSCC(=O)O. The highest BCUT2D eigenvalue weighted by Gasteiger charge is 2.11. The molecular formula is C11H19NO3S. The van der Waals surface area contributed by atoms with E-state index >= 15 is 0 Å². The molecule has 0 radical (unpaired) electrons. The zero-order valence-corrected chi connectivity index (χ0v) is 10.6. The van der Waals surface area contributed by atoms with Gasteiger partial charge in [0.15, 0.2) is 0 Å². The number of aliphatic carboxylic acids is 1. The molecule has 1 atom stereocenters. The van der Waals surface area contributed by atoms with Crippen LogP contribution < -0.4 is 5.32 Å². The van der Waals surface area contributed by atoms with Crippen molar-refractivity contribution in [3.8, 4) is 0 Å². The van der Waals surface area contributed by atoms with Gasteiger partial charge in [0.05, 0.1) is 5.75 Å². The van der Waals surface area contributed by atoms with E-state index in [2.05, 4.69) is 11.9 Å². The smallest absolute Gasteiger partial charge is 0.313 e. The van der Waals surface area contributed by atoms with Gasteiger partial charge in [0, 0.05) is 18.2 Å². The first-order valence-electron chi connectivity index (χ1n) is 5.15. The molecule has 0 aromatic carbocycles. The molecule has 0 aromatic rings. The van der Waals surface area contributed by atoms with Crippen molar-refractivity contribution in [1.82, 2.24) is 5.32 Å². The van der Waals surface area contributed by atoms with Crippen LogP contribution in [0.2, 0.25) is 0 Å². The Hall–Kier alpha value is -0.970. The van der Waals surface area contributed by atoms with Crippen LogP contribution in [0.5, 0.6) is 0 Å². The second kappa shape index (κ2) is 8.21. The van der Waals surface area contributed by atoms with E-state index in [0.717, 1.165) is 5.57 Å². The predicted molar refractivity (Wildman–Crippen MR) is 66.6 cm³/mol. The van der Waals surface area contributed by atoms with Gasteiger partial charge in [-0.15, -0.1) is 18.3 Å². The number of allylic oxidation sites excluding steroid dienone is 1. The fraction of sp³-hybridized carbons (Fsp3) is 0.636. The monoisotopic (exact) mass is 245 g/mol. The van der Waals surface area contributed by atoms with Crippen LogP contribution in [0.15, 0.2) is 12.2 Å². The Balaban J connectivity index is 3.57. The quantitative estimate of drug-likeness (QED) is 0.502. The molecule has 16 heavy (non-hydrogen) atoms. The standard InChI is InChI=1S/C11H19NO3S/c1-8(2)6-9(3)11(15)12-4-5-16-7-10(13)14/h9H,1,4-7H2,2-3H3,(H,12,15)(H,13,14). The summed E-state index contributed by atoms with van der Waals surface area (Å²) in [6.07, 6.45) is 0.689. The summed E-state index contributed by atoms with van der Waals surface area (Å²) in [4.78, 5) is 21.7. The first-order valence-corrected chi connectivity index (χ1v) is 6.30. The second-order valence-electron chi connectivity index (χ2n) is 3.80. The Kier molecular flexibility index (Phi) is 7.72. The van der Waals surface area contributed by atoms with E-state index in [0.29, 0.717) is 18.7 Å². The van der Waals surface area contributed by atoms with Gasteiger partial charge in [-0.2, -0.15) is 0 Å². The lowest BCUT2D eigenvalue weighted by atomic mass is 10.0. The predicted octanol–water partition coefficient (Wildman–Crippen LogP) is 1.52. The van der Waals surface area contributed by atoms with Crippen LogP contribution in [0.4, 0.5) is 0 Å². The Morgan fingerprint density at radius 2 is 2.12 bits per heavy atom. The molecule has 92 valence electrons. The van der Waals surface area contributed by atoms with Gasteiger partial charge in [0.1, 0.15) is 0 Å². The Bertz CT molecular complexity index is 266. The van der Waals surface area contributed by atoms with E-state index in [9.17, 15) is 9.59 Å². The molecule has 1 unspecified atom stereocenters. The van der Waals surface area contributed by atoms with Crippen LogP contribution in [0, 0.1) is 5.92 Å². The van der Waals surface area contributed by atoms with Crippen LogP contribution in [-0.2, 0) is 9.59 Å². The Morgan fingerprint density at radius 3 is 2.62 bits per heavy atom. The third-order valence-electron chi connectivity index (χ3n) is 1.87. The lowest BCUT2D eigenvalue weighted by Gasteiger charge is -2.11. The van der Waals surface area contributed by atoms with Crippen molar-refractivity contribution < 1.29 is 14.7 Å². The topological polar surface area (TPSA) is 66.4 Å². The highest BCUT2D eigenvalue weighted by molar-refractivity contribution is 7.99. The van der Waals surface area contributed by atoms with Crippen molar-refractivity contribution in [2.24, 2.45) is 5.92 Å². The molecule has 0 aromatic heterocycles. The largest absolute Gasteiger partial charge is 0.481 e. The average Bonchev–Trinajstić information content (AvgIpc) is 2.15. The minimum atomic E-state index is -0.827. The van der Waals surface area contributed by atoms with Gasteiger partial charge >= 0.3 is 5.97 Å². The van der Waals surface area contributed by atoms with Crippen molar-refractivity contribution in [2.45, 2.75) is 20.3 Å². The minimum absolute atomic E-state index is 0.000995. The van der Waals surface area contributed by atoms with Crippen LogP contribution >= 0.6 is 11.8 Å². The maximum absolute atomic E-state index is 11.5. The zero-order chi connectivity index (χ0) is 12.6. The normalized spacial score (nSPS) is 11.9. The van der Waals surface area contributed by atoms with E-state index in [1.165, 1.54) is 11.8 Å². The van der Waals surface area contributed by atoms with E-state index in [-0.39, 0.29) is 17.6 Å². The van der Waals surface area contributed by atoms with Gasteiger partial charge in [-0.05, 0) is 13.3 Å². The summed E-state index contributed by atoms with van der Waals surface area (Å²) < 4.78 is 0. The average molecular weight is 245 g/mol. The summed E-state index contributed by atoms with van der Waals surface area (Å²) in [5.74, 6) is -0.192. The summed E-state index contributed by atoms with van der Waals surface area (Å²) in [5.41, 5.74) is 0.989. The molecule has 0 rings (SSSR count). The van der Waals surface area contributed by atoms with Crippen molar-refractivity contribution in [2.75, 3.05) is 18.1 Å². The van der Waals surface area contributed by atoms with Crippen LogP contribution in [0.1, 0.15) is 20.3 Å². The summed E-state index contributed by atoms with van der Waals surface area (Å²) in [7, 11) is 0. The Morgan fingerprint density at radius 1 is 1.50 bits per heavy atom. The molecule has 0 aliphatic rings. The number of amides is 1. The molecular weight excluding hydrogens is 226 g/mol. The highest BCUT2D eigenvalue weighted by atomic mass is 32.2. The van der Waals surface area contributed by atoms with E-state index in [1.54, 1.807) is 0 Å². The summed E-state index contributed by atoms with van der Waals surface area (Å²) in [5, 5.41) is 11.2. The Labute approximate surface area is 100 Å². The van der Waals surface area contributed by atoms with Crippen molar-refractivity contribution in [3.63, 3.8) is 0 Å². The molecule has 0 heterocycles. The van der Waals surface area contributed by atoms with Crippen molar-refractivity contribution in [3.05, 3.63) is 12.2 Å². The molecule has 0 spiro atoms. The van der Waals surface area contributed by atoms with E-state index in [1.807, 2.05) is 13.8 Å². The molecule has 0 saturated heterocycles. The first-order chi connectivity index (χ1) is 7.43. The fourth-order valence-electron chi connectivity index (χ4n) is 1.20. The molecule has 4 nitrogen and oxygen atoms in total. The van der Waals surface area contributed by atoms with Gasteiger partial charge < -0.3 is 10.4 Å². The first kappa shape index (κ1) is 15.0. The van der Waals surface area contributed by atoms with Gasteiger partial charge in [-0.3, -0.25) is 9.59 Å². The number of hydrogen-bond acceptors (Lipinski definition) is 3. The zero-order valence-electron chi connectivity index (χ0n) is 9.78. The van der Waals surface area contributed by atoms with E-state index < -0.39 is 5.97 Å². The molecule has 5 heteroatoms. The van der Waals surface area contributed by atoms with Crippen LogP contribution in [0.25, 0.3) is 0 Å². The summed E-state index contributed by atoms with van der Waals surface area (Å²) in [6.45, 7) is 8.02. The molecule has 2 N–H and O–H groups in total. The maximum Gasteiger partial charge on any atom is 0.313 e. The fourth-order valence-corrected chi connectivity index (χ4v) is 1.76. The lowest BCUT2D eigenvalue weighted by molar-refractivity contribution is -0.133. The summed E-state index contributed by atoms with van der Waals surface area (Å²) in [6, 6.07) is 0.